The Labute approximate surface area is 105 Å². The third kappa shape index (κ3) is 3.21. The summed E-state index contributed by atoms with van der Waals surface area (Å²) in [5, 5.41) is 3.47. The highest BCUT2D eigenvalue weighted by atomic mass is 16.2. The van der Waals surface area contributed by atoms with Gasteiger partial charge in [0.25, 0.3) is 0 Å². The summed E-state index contributed by atoms with van der Waals surface area (Å²) >= 11 is 0. The molecule has 17 heavy (non-hydrogen) atoms. The molecule has 0 aromatic heterocycles. The molecule has 1 N–H and O–H groups in total. The minimum absolute atomic E-state index is 0.365. The summed E-state index contributed by atoms with van der Waals surface area (Å²) in [4.78, 5) is 14.5. The van der Waals surface area contributed by atoms with Crippen molar-refractivity contribution in [1.29, 1.82) is 0 Å². The molecule has 2 aliphatic heterocycles. The number of amides is 1. The molecule has 2 saturated heterocycles. The lowest BCUT2D eigenvalue weighted by Crippen LogP contribution is -2.49. The van der Waals surface area contributed by atoms with Gasteiger partial charge in [0.15, 0.2) is 0 Å². The molecule has 0 radical (unpaired) electrons. The molecule has 3 atom stereocenters. The van der Waals surface area contributed by atoms with Gasteiger partial charge in [-0.05, 0) is 52.5 Å². The minimum Gasteiger partial charge on any atom is -0.337 e. The lowest BCUT2D eigenvalue weighted by Gasteiger charge is -2.40. The van der Waals surface area contributed by atoms with E-state index in [2.05, 4.69) is 24.1 Å². The van der Waals surface area contributed by atoms with E-state index in [4.69, 9.17) is 0 Å². The van der Waals surface area contributed by atoms with Crippen molar-refractivity contribution in [3.05, 3.63) is 0 Å². The van der Waals surface area contributed by atoms with Gasteiger partial charge in [0.05, 0.1) is 0 Å². The van der Waals surface area contributed by atoms with Crippen LogP contribution in [0.2, 0.25) is 0 Å². The molecule has 3 heteroatoms. The molecule has 98 valence electrons. The van der Waals surface area contributed by atoms with E-state index in [1.165, 1.54) is 38.5 Å². The van der Waals surface area contributed by atoms with Crippen molar-refractivity contribution in [1.82, 2.24) is 10.2 Å². The zero-order chi connectivity index (χ0) is 12.3. The lowest BCUT2D eigenvalue weighted by atomic mass is 9.95. The first-order valence-electron chi connectivity index (χ1n) is 7.23. The first-order valence-corrected chi connectivity index (χ1v) is 7.23. The molecule has 0 aromatic carbocycles. The maximum Gasteiger partial charge on any atom is 0.224 e. The Morgan fingerprint density at radius 3 is 2.41 bits per heavy atom. The Balaban J connectivity index is 1.88. The zero-order valence-corrected chi connectivity index (χ0v) is 11.2. The van der Waals surface area contributed by atoms with Gasteiger partial charge in [-0.25, -0.2) is 0 Å². The number of nitrogens with one attached hydrogen (secondary N) is 1. The van der Waals surface area contributed by atoms with Crippen LogP contribution in [0.15, 0.2) is 0 Å². The Hall–Kier alpha value is -0.570. The van der Waals surface area contributed by atoms with Crippen LogP contribution in [0.3, 0.4) is 0 Å². The first kappa shape index (κ1) is 12.9. The second kappa shape index (κ2) is 5.85. The fourth-order valence-electron chi connectivity index (χ4n) is 3.33. The quantitative estimate of drug-likeness (QED) is 0.800. The van der Waals surface area contributed by atoms with Crippen molar-refractivity contribution in [2.75, 3.05) is 6.54 Å². The topological polar surface area (TPSA) is 32.3 Å². The van der Waals surface area contributed by atoms with Gasteiger partial charge < -0.3 is 10.2 Å². The average molecular weight is 238 g/mol. The molecule has 1 amide bonds. The highest BCUT2D eigenvalue weighted by molar-refractivity contribution is 5.77. The van der Waals surface area contributed by atoms with Crippen LogP contribution in [0.5, 0.6) is 0 Å². The summed E-state index contributed by atoms with van der Waals surface area (Å²) in [5.41, 5.74) is 0. The van der Waals surface area contributed by atoms with Gasteiger partial charge in [-0.1, -0.05) is 6.42 Å². The van der Waals surface area contributed by atoms with E-state index in [-0.39, 0.29) is 0 Å². The average Bonchev–Trinajstić information content (AvgIpc) is 2.30. The van der Waals surface area contributed by atoms with Crippen LogP contribution in [0.4, 0.5) is 0 Å². The molecule has 2 heterocycles. The van der Waals surface area contributed by atoms with Gasteiger partial charge in [-0.2, -0.15) is 0 Å². The van der Waals surface area contributed by atoms with Crippen LogP contribution >= 0.6 is 0 Å². The van der Waals surface area contributed by atoms with Crippen LogP contribution in [0, 0.1) is 0 Å². The molecule has 0 bridgehead atoms. The highest BCUT2D eigenvalue weighted by Crippen LogP contribution is 2.24. The summed E-state index contributed by atoms with van der Waals surface area (Å²) < 4.78 is 0. The van der Waals surface area contributed by atoms with E-state index < -0.39 is 0 Å². The third-order valence-electron chi connectivity index (χ3n) is 4.31. The molecule has 3 nitrogen and oxygen atoms in total. The second-order valence-corrected chi connectivity index (χ2v) is 5.78. The smallest absolute Gasteiger partial charge is 0.224 e. The fraction of sp³-hybridized carbons (Fsp3) is 0.929. The van der Waals surface area contributed by atoms with Gasteiger partial charge in [0, 0.05) is 24.5 Å². The molecule has 0 aromatic rings. The molecule has 0 spiro atoms. The van der Waals surface area contributed by atoms with E-state index in [1.54, 1.807) is 0 Å². The van der Waals surface area contributed by atoms with Crippen LogP contribution in [-0.2, 0) is 4.79 Å². The summed E-state index contributed by atoms with van der Waals surface area (Å²) in [7, 11) is 0. The number of rotatable bonds is 2. The Bertz CT molecular complexity index is 251. The number of hydrogen-bond acceptors (Lipinski definition) is 2. The monoisotopic (exact) mass is 238 g/mol. The summed E-state index contributed by atoms with van der Waals surface area (Å²) in [6.45, 7) is 5.48. The van der Waals surface area contributed by atoms with Crippen LogP contribution in [-0.4, -0.2) is 35.5 Å². The van der Waals surface area contributed by atoms with Crippen molar-refractivity contribution in [3.8, 4) is 0 Å². The molecule has 2 fully saturated rings. The van der Waals surface area contributed by atoms with Crippen molar-refractivity contribution in [2.45, 2.75) is 76.9 Å². The second-order valence-electron chi connectivity index (χ2n) is 5.78. The first-order chi connectivity index (χ1) is 8.18. The van der Waals surface area contributed by atoms with Gasteiger partial charge >= 0.3 is 0 Å². The van der Waals surface area contributed by atoms with Crippen molar-refractivity contribution >= 4 is 5.91 Å². The van der Waals surface area contributed by atoms with Gasteiger partial charge in [-0.15, -0.1) is 0 Å². The molecule has 0 aliphatic carbocycles. The van der Waals surface area contributed by atoms with Crippen molar-refractivity contribution in [3.63, 3.8) is 0 Å². The van der Waals surface area contributed by atoms with Crippen LogP contribution < -0.4 is 5.32 Å². The summed E-state index contributed by atoms with van der Waals surface area (Å²) in [6.07, 6.45) is 8.03. The molecular weight excluding hydrogens is 212 g/mol. The molecule has 0 saturated carbocycles. The van der Waals surface area contributed by atoms with Gasteiger partial charge in [-0.3, -0.25) is 4.79 Å². The Morgan fingerprint density at radius 1 is 1.12 bits per heavy atom. The third-order valence-corrected chi connectivity index (χ3v) is 4.31. The lowest BCUT2D eigenvalue weighted by molar-refractivity contribution is -0.137. The maximum absolute atomic E-state index is 12.4. The molecule has 2 aliphatic rings. The predicted octanol–water partition coefficient (Wildman–Crippen LogP) is 2.31. The van der Waals surface area contributed by atoms with Crippen molar-refractivity contribution in [2.24, 2.45) is 0 Å². The highest BCUT2D eigenvalue weighted by Gasteiger charge is 2.30. The predicted molar refractivity (Wildman–Crippen MR) is 69.9 cm³/mol. The summed E-state index contributed by atoms with van der Waals surface area (Å²) in [5.74, 6) is 0.365. The normalized spacial score (nSPS) is 34.7. The molecular formula is C14H26N2O. The van der Waals surface area contributed by atoms with Gasteiger partial charge in [0.1, 0.15) is 0 Å². The Kier molecular flexibility index (Phi) is 4.43. The van der Waals surface area contributed by atoms with Crippen LogP contribution in [0.25, 0.3) is 0 Å². The number of hydrogen-bond donors (Lipinski definition) is 1. The number of carbonyl (C=O) groups is 1. The van der Waals surface area contributed by atoms with Crippen LogP contribution in [0.1, 0.15) is 58.8 Å². The van der Waals surface area contributed by atoms with E-state index in [9.17, 15) is 4.79 Å². The van der Waals surface area contributed by atoms with Crippen molar-refractivity contribution < 1.29 is 4.79 Å². The minimum atomic E-state index is 0.365. The van der Waals surface area contributed by atoms with E-state index in [0.717, 1.165) is 6.54 Å². The van der Waals surface area contributed by atoms with E-state index in [0.29, 0.717) is 30.5 Å². The number of likely N-dealkylation sites (tertiary alicyclic amines) is 1. The SMILES string of the molecule is C[C@@H]1CCC[C@H](C)N1C(=O)CC1CCCCN1. The molecule has 1 unspecified atom stereocenters. The number of carbonyl (C=O) groups excluding carboxylic acids is 1. The fourth-order valence-corrected chi connectivity index (χ4v) is 3.33. The zero-order valence-electron chi connectivity index (χ0n) is 11.2. The van der Waals surface area contributed by atoms with E-state index >= 15 is 0 Å². The summed E-state index contributed by atoms with van der Waals surface area (Å²) in [6, 6.07) is 1.31. The number of nitrogens with zero attached hydrogens (tertiary/aromatic N) is 1. The number of piperidine rings is 2. The van der Waals surface area contributed by atoms with E-state index in [1.807, 2.05) is 0 Å². The Morgan fingerprint density at radius 2 is 1.82 bits per heavy atom. The molecule has 2 rings (SSSR count). The van der Waals surface area contributed by atoms with Gasteiger partial charge in [0.2, 0.25) is 5.91 Å². The standard InChI is InChI=1S/C14H26N2O/c1-11-6-5-7-12(2)16(11)14(17)10-13-8-3-4-9-15-13/h11-13,15H,3-10H2,1-2H3/t11-,12+,13?. The largest absolute Gasteiger partial charge is 0.337 e. The maximum atomic E-state index is 12.4.